The molecule has 21 heavy (non-hydrogen) atoms. The molecule has 1 aromatic carbocycles. The molecule has 112 valence electrons. The van der Waals surface area contributed by atoms with E-state index < -0.39 is 9.84 Å². The van der Waals surface area contributed by atoms with E-state index in [2.05, 4.69) is 4.98 Å². The minimum Gasteiger partial charge on any atom is -0.456 e. The lowest BCUT2D eigenvalue weighted by Crippen LogP contribution is -2.10. The highest BCUT2D eigenvalue weighted by molar-refractivity contribution is 7.90. The smallest absolute Gasteiger partial charge is 0.175 e. The van der Waals surface area contributed by atoms with Crippen LogP contribution in [0, 0.1) is 0 Å². The summed E-state index contributed by atoms with van der Waals surface area (Å²) in [6.07, 6.45) is 3.60. The molecule has 0 aliphatic rings. The van der Waals surface area contributed by atoms with Crippen LogP contribution in [-0.4, -0.2) is 19.7 Å². The molecule has 2 N–H and O–H groups in total. The van der Waals surface area contributed by atoms with Gasteiger partial charge in [-0.3, -0.25) is 4.98 Å². The van der Waals surface area contributed by atoms with Crippen LogP contribution in [0.4, 0.5) is 0 Å². The van der Waals surface area contributed by atoms with Crippen LogP contribution in [0.25, 0.3) is 0 Å². The van der Waals surface area contributed by atoms with Crippen molar-refractivity contribution in [2.75, 3.05) is 6.26 Å². The van der Waals surface area contributed by atoms with Crippen molar-refractivity contribution in [1.82, 2.24) is 4.98 Å². The van der Waals surface area contributed by atoms with E-state index in [-0.39, 0.29) is 10.9 Å². The second-order valence-corrected chi connectivity index (χ2v) is 6.79. The van der Waals surface area contributed by atoms with Gasteiger partial charge in [-0.25, -0.2) is 8.42 Å². The lowest BCUT2D eigenvalue weighted by Gasteiger charge is -2.10. The summed E-state index contributed by atoms with van der Waals surface area (Å²) >= 11 is 0. The van der Waals surface area contributed by atoms with Crippen LogP contribution >= 0.6 is 0 Å². The van der Waals surface area contributed by atoms with Gasteiger partial charge < -0.3 is 10.5 Å². The van der Waals surface area contributed by atoms with Gasteiger partial charge >= 0.3 is 0 Å². The highest BCUT2D eigenvalue weighted by Crippen LogP contribution is 2.23. The molecule has 2 aromatic rings. The molecule has 6 heteroatoms. The molecule has 0 spiro atoms. The van der Waals surface area contributed by atoms with Gasteiger partial charge in [0.2, 0.25) is 0 Å². The lowest BCUT2D eigenvalue weighted by molar-refractivity contribution is 0.478. The van der Waals surface area contributed by atoms with E-state index in [0.29, 0.717) is 11.5 Å². The molecular formula is C15H18N2O3S. The summed E-state index contributed by atoms with van der Waals surface area (Å²) in [6, 6.07) is 9.80. The van der Waals surface area contributed by atoms with Gasteiger partial charge in [-0.2, -0.15) is 0 Å². The average molecular weight is 306 g/mol. The number of ether oxygens (including phenoxy) is 1. The number of pyridine rings is 1. The Kier molecular flexibility index (Phi) is 4.59. The average Bonchev–Trinajstić information content (AvgIpc) is 2.47. The molecule has 0 saturated heterocycles. The molecule has 1 aromatic heterocycles. The SMILES string of the molecule is CC[C@@H](N)c1ccc(Oc2ccc(S(C)(=O)=O)cc2)cn1. The molecule has 0 aliphatic carbocycles. The van der Waals surface area contributed by atoms with E-state index in [0.717, 1.165) is 12.1 Å². The molecule has 0 radical (unpaired) electrons. The minimum atomic E-state index is -3.19. The third-order valence-corrected chi connectivity index (χ3v) is 4.20. The molecule has 0 saturated carbocycles. The zero-order chi connectivity index (χ0) is 15.5. The lowest BCUT2D eigenvalue weighted by atomic mass is 10.1. The van der Waals surface area contributed by atoms with Crippen molar-refractivity contribution in [2.24, 2.45) is 5.73 Å². The van der Waals surface area contributed by atoms with Crippen molar-refractivity contribution in [3.8, 4) is 11.5 Å². The van der Waals surface area contributed by atoms with Crippen molar-refractivity contribution in [2.45, 2.75) is 24.3 Å². The largest absolute Gasteiger partial charge is 0.456 e. The Morgan fingerprint density at radius 1 is 1.14 bits per heavy atom. The van der Waals surface area contributed by atoms with Gasteiger partial charge in [-0.15, -0.1) is 0 Å². The van der Waals surface area contributed by atoms with Crippen LogP contribution < -0.4 is 10.5 Å². The standard InChI is InChI=1S/C15H18N2O3S/c1-3-14(16)15-9-6-12(10-17-15)20-11-4-7-13(8-5-11)21(2,18)19/h4-10,14H,3,16H2,1-2H3/t14-/m1/s1. The first-order chi connectivity index (χ1) is 9.90. The van der Waals surface area contributed by atoms with Gasteiger partial charge in [0.15, 0.2) is 9.84 Å². The normalized spacial score (nSPS) is 12.9. The summed E-state index contributed by atoms with van der Waals surface area (Å²) in [5.41, 5.74) is 6.71. The molecule has 2 rings (SSSR count). The van der Waals surface area contributed by atoms with E-state index >= 15 is 0 Å². The van der Waals surface area contributed by atoms with E-state index in [1.165, 1.54) is 18.4 Å². The first-order valence-corrected chi connectivity index (χ1v) is 8.49. The van der Waals surface area contributed by atoms with Crippen molar-refractivity contribution < 1.29 is 13.2 Å². The van der Waals surface area contributed by atoms with Crippen LogP contribution in [-0.2, 0) is 9.84 Å². The highest BCUT2D eigenvalue weighted by Gasteiger charge is 2.08. The molecule has 0 fully saturated rings. The van der Waals surface area contributed by atoms with Crippen molar-refractivity contribution in [1.29, 1.82) is 0 Å². The number of hydrogen-bond acceptors (Lipinski definition) is 5. The van der Waals surface area contributed by atoms with Crippen LogP contribution in [0.2, 0.25) is 0 Å². The predicted octanol–water partition coefficient (Wildman–Crippen LogP) is 2.69. The van der Waals surface area contributed by atoms with E-state index in [1.807, 2.05) is 13.0 Å². The Balaban J connectivity index is 2.11. The number of benzene rings is 1. The zero-order valence-corrected chi connectivity index (χ0v) is 12.8. The molecule has 5 nitrogen and oxygen atoms in total. The van der Waals surface area contributed by atoms with Gasteiger partial charge in [0.25, 0.3) is 0 Å². The first-order valence-electron chi connectivity index (χ1n) is 6.59. The quantitative estimate of drug-likeness (QED) is 0.918. The Bertz CT molecular complexity index is 695. The van der Waals surface area contributed by atoms with E-state index in [4.69, 9.17) is 10.5 Å². The van der Waals surface area contributed by atoms with Crippen LogP contribution in [0.15, 0.2) is 47.5 Å². The summed E-state index contributed by atoms with van der Waals surface area (Å²) in [6.45, 7) is 2.00. The minimum absolute atomic E-state index is 0.0758. The molecule has 0 aliphatic heterocycles. The van der Waals surface area contributed by atoms with Gasteiger partial charge in [0.1, 0.15) is 11.5 Å². The summed E-state index contributed by atoms with van der Waals surface area (Å²) in [5.74, 6) is 1.13. The fraction of sp³-hybridized carbons (Fsp3) is 0.267. The molecule has 0 bridgehead atoms. The molecule has 0 amide bonds. The number of nitrogens with zero attached hydrogens (tertiary/aromatic N) is 1. The summed E-state index contributed by atoms with van der Waals surface area (Å²) in [5, 5.41) is 0. The molecule has 0 unspecified atom stereocenters. The van der Waals surface area contributed by atoms with E-state index in [9.17, 15) is 8.42 Å². The topological polar surface area (TPSA) is 82.3 Å². The van der Waals surface area contributed by atoms with Crippen molar-refractivity contribution in [3.05, 3.63) is 48.3 Å². The maximum Gasteiger partial charge on any atom is 0.175 e. The fourth-order valence-electron chi connectivity index (χ4n) is 1.77. The van der Waals surface area contributed by atoms with Crippen LogP contribution in [0.5, 0.6) is 11.5 Å². The fourth-order valence-corrected chi connectivity index (χ4v) is 2.40. The maximum atomic E-state index is 11.4. The second kappa shape index (κ2) is 6.24. The summed E-state index contributed by atoms with van der Waals surface area (Å²) < 4.78 is 28.4. The Morgan fingerprint density at radius 2 is 1.76 bits per heavy atom. The first kappa shape index (κ1) is 15.5. The number of hydrogen-bond donors (Lipinski definition) is 1. The number of sulfone groups is 1. The number of rotatable bonds is 5. The van der Waals surface area contributed by atoms with Crippen LogP contribution in [0.3, 0.4) is 0 Å². The molecule has 1 atom stereocenters. The summed E-state index contributed by atoms with van der Waals surface area (Å²) in [4.78, 5) is 4.52. The Hall–Kier alpha value is -1.92. The van der Waals surface area contributed by atoms with Gasteiger partial charge in [-0.1, -0.05) is 6.92 Å². The van der Waals surface area contributed by atoms with Crippen molar-refractivity contribution >= 4 is 9.84 Å². The van der Waals surface area contributed by atoms with Gasteiger partial charge in [-0.05, 0) is 42.8 Å². The van der Waals surface area contributed by atoms with Crippen molar-refractivity contribution in [3.63, 3.8) is 0 Å². The van der Waals surface area contributed by atoms with Crippen LogP contribution in [0.1, 0.15) is 25.1 Å². The summed E-state index contributed by atoms with van der Waals surface area (Å²) in [7, 11) is -3.19. The number of aromatic nitrogens is 1. The highest BCUT2D eigenvalue weighted by atomic mass is 32.2. The zero-order valence-electron chi connectivity index (χ0n) is 12.0. The third-order valence-electron chi connectivity index (χ3n) is 3.07. The maximum absolute atomic E-state index is 11.4. The predicted molar refractivity (Wildman–Crippen MR) is 81.1 cm³/mol. The van der Waals surface area contributed by atoms with Gasteiger partial charge in [0, 0.05) is 12.3 Å². The Morgan fingerprint density at radius 3 is 2.24 bits per heavy atom. The number of nitrogens with two attached hydrogens (primary N) is 1. The molecule has 1 heterocycles. The molecular weight excluding hydrogens is 288 g/mol. The Labute approximate surface area is 124 Å². The third kappa shape index (κ3) is 4.03. The van der Waals surface area contributed by atoms with Gasteiger partial charge in [0.05, 0.1) is 16.8 Å². The second-order valence-electron chi connectivity index (χ2n) is 4.78. The van der Waals surface area contributed by atoms with E-state index in [1.54, 1.807) is 24.4 Å². The monoisotopic (exact) mass is 306 g/mol.